The Morgan fingerprint density at radius 3 is 2.63 bits per heavy atom. The van der Waals surface area contributed by atoms with Gasteiger partial charge in [-0.25, -0.2) is 4.79 Å². The summed E-state index contributed by atoms with van der Waals surface area (Å²) in [5.41, 5.74) is 1.43. The van der Waals surface area contributed by atoms with Crippen LogP contribution >= 0.6 is 11.8 Å². The van der Waals surface area contributed by atoms with Crippen molar-refractivity contribution in [3.8, 4) is 5.75 Å². The number of benzene rings is 1. The fraction of sp³-hybridized carbons (Fsp3) is 0.333. The van der Waals surface area contributed by atoms with Crippen LogP contribution in [-0.2, 0) is 30.4 Å². The standard InChI is InChI=1S/C24H23F3N4O3S/c1-34-20-7-6-16(24(25,26)27)12-18(20)29-21(32)14-35-22-17-4-2-3-5-19(17)31(23(33)30-22)13-15-8-10-28-11-9-15/h6-12H,2-5,13-14H2,1H3,(H,29,32). The minimum atomic E-state index is -4.55. The highest BCUT2D eigenvalue weighted by molar-refractivity contribution is 8.00. The number of pyridine rings is 1. The Hall–Kier alpha value is -3.34. The number of amides is 1. The van der Waals surface area contributed by atoms with E-state index in [1.165, 1.54) is 7.11 Å². The molecule has 2 aromatic heterocycles. The lowest BCUT2D eigenvalue weighted by Crippen LogP contribution is -2.30. The molecule has 0 unspecified atom stereocenters. The number of nitrogens with zero attached hydrogens (tertiary/aromatic N) is 3. The van der Waals surface area contributed by atoms with Crippen LogP contribution in [0, 0.1) is 0 Å². The maximum absolute atomic E-state index is 13.1. The molecule has 0 fully saturated rings. The zero-order valence-corrected chi connectivity index (χ0v) is 19.7. The normalized spacial score (nSPS) is 13.3. The molecule has 1 N–H and O–H groups in total. The first-order chi connectivity index (χ1) is 16.8. The van der Waals surface area contributed by atoms with Gasteiger partial charge >= 0.3 is 11.9 Å². The second-order valence-corrected chi connectivity index (χ2v) is 8.99. The van der Waals surface area contributed by atoms with Gasteiger partial charge in [-0.1, -0.05) is 11.8 Å². The van der Waals surface area contributed by atoms with Crippen molar-refractivity contribution in [1.82, 2.24) is 14.5 Å². The molecule has 1 aliphatic rings. The Bertz CT molecular complexity index is 1280. The first-order valence-corrected chi connectivity index (χ1v) is 11.9. The Morgan fingerprint density at radius 2 is 1.91 bits per heavy atom. The molecule has 7 nitrogen and oxygen atoms in total. The molecule has 3 aromatic rings. The zero-order chi connectivity index (χ0) is 25.0. The van der Waals surface area contributed by atoms with Gasteiger partial charge < -0.3 is 10.1 Å². The molecule has 1 aromatic carbocycles. The third-order valence-corrected chi connectivity index (χ3v) is 6.70. The van der Waals surface area contributed by atoms with Crippen LogP contribution in [0.15, 0.2) is 52.5 Å². The molecule has 184 valence electrons. The first kappa shape index (κ1) is 24.8. The summed E-state index contributed by atoms with van der Waals surface area (Å²) in [6.07, 6.45) is 2.16. The molecule has 0 bridgehead atoms. The van der Waals surface area contributed by atoms with E-state index < -0.39 is 23.3 Å². The van der Waals surface area contributed by atoms with Gasteiger partial charge in [0.2, 0.25) is 5.91 Å². The molecule has 0 radical (unpaired) electrons. The molecule has 11 heteroatoms. The van der Waals surface area contributed by atoms with Gasteiger partial charge in [0, 0.05) is 23.7 Å². The molecule has 0 aliphatic heterocycles. The quantitative estimate of drug-likeness (QED) is 0.381. The number of methoxy groups -OCH3 is 1. The first-order valence-electron chi connectivity index (χ1n) is 11.0. The van der Waals surface area contributed by atoms with Gasteiger partial charge in [0.15, 0.2) is 0 Å². The number of nitrogens with one attached hydrogen (secondary N) is 1. The third-order valence-electron chi connectivity index (χ3n) is 5.68. The highest BCUT2D eigenvalue weighted by atomic mass is 32.2. The van der Waals surface area contributed by atoms with Crippen molar-refractivity contribution in [2.45, 2.75) is 43.4 Å². The van der Waals surface area contributed by atoms with Crippen molar-refractivity contribution in [2.75, 3.05) is 18.2 Å². The SMILES string of the molecule is COc1ccc(C(F)(F)F)cc1NC(=O)CSc1nc(=O)n(Cc2ccncc2)c2c1CCCC2. The maximum atomic E-state index is 13.1. The van der Waals surface area contributed by atoms with Crippen molar-refractivity contribution >= 4 is 23.4 Å². The number of rotatable bonds is 7. The van der Waals surface area contributed by atoms with Crippen LogP contribution in [0.4, 0.5) is 18.9 Å². The Balaban J connectivity index is 1.53. The maximum Gasteiger partial charge on any atom is 0.416 e. The van der Waals surface area contributed by atoms with E-state index in [9.17, 15) is 22.8 Å². The van der Waals surface area contributed by atoms with E-state index in [0.29, 0.717) is 11.6 Å². The lowest BCUT2D eigenvalue weighted by Gasteiger charge is -2.22. The zero-order valence-electron chi connectivity index (χ0n) is 18.9. The van der Waals surface area contributed by atoms with Gasteiger partial charge in [-0.2, -0.15) is 18.2 Å². The predicted molar refractivity (Wildman–Crippen MR) is 126 cm³/mol. The summed E-state index contributed by atoms with van der Waals surface area (Å²) in [6.45, 7) is 0.386. The van der Waals surface area contributed by atoms with E-state index in [1.54, 1.807) is 17.0 Å². The van der Waals surface area contributed by atoms with Crippen molar-refractivity contribution in [3.05, 3.63) is 75.6 Å². The minimum Gasteiger partial charge on any atom is -0.495 e. The molecule has 2 heterocycles. The molecular formula is C24H23F3N4O3S. The van der Waals surface area contributed by atoms with Crippen LogP contribution in [0.1, 0.15) is 35.2 Å². The number of hydrogen-bond donors (Lipinski definition) is 1. The number of anilines is 1. The number of fused-ring (bicyclic) bond motifs is 1. The molecule has 0 atom stereocenters. The monoisotopic (exact) mass is 504 g/mol. The number of alkyl halides is 3. The molecule has 4 rings (SSSR count). The van der Waals surface area contributed by atoms with Crippen LogP contribution in [-0.4, -0.2) is 33.3 Å². The highest BCUT2D eigenvalue weighted by Crippen LogP contribution is 2.35. The second kappa shape index (κ2) is 10.5. The van der Waals surface area contributed by atoms with E-state index in [0.717, 1.165) is 72.5 Å². The summed E-state index contributed by atoms with van der Waals surface area (Å²) in [6, 6.07) is 6.57. The molecular weight excluding hydrogens is 481 g/mol. The van der Waals surface area contributed by atoms with Crippen molar-refractivity contribution < 1.29 is 22.7 Å². The fourth-order valence-electron chi connectivity index (χ4n) is 4.00. The topological polar surface area (TPSA) is 86.1 Å². The Kier molecular flexibility index (Phi) is 7.44. The van der Waals surface area contributed by atoms with E-state index in [-0.39, 0.29) is 17.2 Å². The van der Waals surface area contributed by atoms with Crippen molar-refractivity contribution in [2.24, 2.45) is 0 Å². The summed E-state index contributed by atoms with van der Waals surface area (Å²) in [7, 11) is 1.31. The number of carbonyl (C=O) groups excluding carboxylic acids is 1. The molecule has 0 spiro atoms. The van der Waals surface area contributed by atoms with E-state index >= 15 is 0 Å². The summed E-state index contributed by atoms with van der Waals surface area (Å²) < 4.78 is 46.0. The van der Waals surface area contributed by atoms with Crippen molar-refractivity contribution in [1.29, 1.82) is 0 Å². The second-order valence-electron chi connectivity index (χ2n) is 8.02. The van der Waals surface area contributed by atoms with Crippen LogP contribution in [0.5, 0.6) is 5.75 Å². The lowest BCUT2D eigenvalue weighted by atomic mass is 9.97. The fourth-order valence-corrected chi connectivity index (χ4v) is 4.88. The van der Waals surface area contributed by atoms with Gasteiger partial charge in [-0.05, 0) is 61.6 Å². The van der Waals surface area contributed by atoms with Crippen LogP contribution in [0.2, 0.25) is 0 Å². The van der Waals surface area contributed by atoms with E-state index in [4.69, 9.17) is 4.74 Å². The van der Waals surface area contributed by atoms with Gasteiger partial charge in [0.05, 0.1) is 30.7 Å². The summed E-state index contributed by atoms with van der Waals surface area (Å²) in [5.74, 6) is -0.530. The number of halogens is 3. The van der Waals surface area contributed by atoms with Gasteiger partial charge in [-0.3, -0.25) is 14.3 Å². The lowest BCUT2D eigenvalue weighted by molar-refractivity contribution is -0.137. The number of aromatic nitrogens is 3. The number of carbonyl (C=O) groups is 1. The van der Waals surface area contributed by atoms with Gasteiger partial charge in [0.25, 0.3) is 0 Å². The van der Waals surface area contributed by atoms with Crippen LogP contribution in [0.3, 0.4) is 0 Å². The van der Waals surface area contributed by atoms with Gasteiger partial charge in [0.1, 0.15) is 10.8 Å². The summed E-state index contributed by atoms with van der Waals surface area (Å²) >= 11 is 1.11. The average molecular weight is 505 g/mol. The average Bonchev–Trinajstić information content (AvgIpc) is 2.84. The smallest absolute Gasteiger partial charge is 0.416 e. The number of hydrogen-bond acceptors (Lipinski definition) is 6. The largest absolute Gasteiger partial charge is 0.495 e. The molecule has 1 amide bonds. The Labute approximate surface area is 203 Å². The molecule has 35 heavy (non-hydrogen) atoms. The van der Waals surface area contributed by atoms with Crippen molar-refractivity contribution in [3.63, 3.8) is 0 Å². The predicted octanol–water partition coefficient (Wildman–Crippen LogP) is 4.32. The third kappa shape index (κ3) is 5.84. The van der Waals surface area contributed by atoms with Crippen LogP contribution < -0.4 is 15.7 Å². The Morgan fingerprint density at radius 1 is 1.17 bits per heavy atom. The summed E-state index contributed by atoms with van der Waals surface area (Å²) in [5, 5.41) is 2.97. The van der Waals surface area contributed by atoms with Gasteiger partial charge in [-0.15, -0.1) is 0 Å². The minimum absolute atomic E-state index is 0.0734. The molecule has 0 saturated carbocycles. The highest BCUT2D eigenvalue weighted by Gasteiger charge is 2.31. The van der Waals surface area contributed by atoms with E-state index in [1.807, 2.05) is 12.1 Å². The number of thioether (sulfide) groups is 1. The van der Waals surface area contributed by atoms with Crippen LogP contribution in [0.25, 0.3) is 0 Å². The van der Waals surface area contributed by atoms with E-state index in [2.05, 4.69) is 15.3 Å². The molecule has 1 aliphatic carbocycles. The summed E-state index contributed by atoms with van der Waals surface area (Å²) in [4.78, 5) is 33.7. The number of ether oxygens (including phenoxy) is 1. The molecule has 0 saturated heterocycles.